The van der Waals surface area contributed by atoms with E-state index in [0.717, 1.165) is 51.8 Å². The molecule has 2 fully saturated rings. The van der Waals surface area contributed by atoms with Crippen molar-refractivity contribution in [1.82, 2.24) is 4.90 Å². The quantitative estimate of drug-likeness (QED) is 0.799. The van der Waals surface area contributed by atoms with Crippen molar-refractivity contribution in [2.75, 3.05) is 46.6 Å². The van der Waals surface area contributed by atoms with Crippen LogP contribution in [0, 0.1) is 11.3 Å². The molecule has 0 amide bonds. The molecule has 1 aromatic rings. The Morgan fingerprint density at radius 3 is 2.75 bits per heavy atom. The van der Waals surface area contributed by atoms with Crippen LogP contribution in [0.1, 0.15) is 31.7 Å². The second-order valence-electron chi connectivity index (χ2n) is 7.13. The summed E-state index contributed by atoms with van der Waals surface area (Å²) in [6, 6.07) is 8.36. The molecule has 24 heavy (non-hydrogen) atoms. The van der Waals surface area contributed by atoms with Gasteiger partial charge in [-0.1, -0.05) is 18.2 Å². The van der Waals surface area contributed by atoms with Gasteiger partial charge in [-0.05, 0) is 50.8 Å². The van der Waals surface area contributed by atoms with Gasteiger partial charge < -0.3 is 14.2 Å². The summed E-state index contributed by atoms with van der Waals surface area (Å²) in [5.74, 6) is 1.55. The lowest BCUT2D eigenvalue weighted by molar-refractivity contribution is -0.0993. The Labute approximate surface area is 146 Å². The summed E-state index contributed by atoms with van der Waals surface area (Å²) in [6.07, 6.45) is 3.69. The molecule has 4 heteroatoms. The topological polar surface area (TPSA) is 30.9 Å². The minimum atomic E-state index is 0.421. The molecule has 0 N–H and O–H groups in total. The zero-order chi connectivity index (χ0) is 16.8. The fourth-order valence-corrected chi connectivity index (χ4v) is 4.26. The summed E-state index contributed by atoms with van der Waals surface area (Å²) in [7, 11) is 1.75. The Balaban J connectivity index is 1.59. The van der Waals surface area contributed by atoms with Gasteiger partial charge in [0.05, 0.1) is 20.3 Å². The molecule has 0 radical (unpaired) electrons. The normalized spacial score (nSPS) is 24.2. The van der Waals surface area contributed by atoms with E-state index < -0.39 is 0 Å². The van der Waals surface area contributed by atoms with Crippen LogP contribution in [0.15, 0.2) is 24.3 Å². The van der Waals surface area contributed by atoms with Crippen LogP contribution >= 0.6 is 0 Å². The van der Waals surface area contributed by atoms with E-state index in [4.69, 9.17) is 14.2 Å². The first-order valence-electron chi connectivity index (χ1n) is 9.27. The maximum absolute atomic E-state index is 5.75. The minimum Gasteiger partial charge on any atom is -0.496 e. The number of piperidine rings is 1. The molecule has 1 unspecified atom stereocenters. The van der Waals surface area contributed by atoms with E-state index in [9.17, 15) is 0 Å². The summed E-state index contributed by atoms with van der Waals surface area (Å²) in [6.45, 7) is 8.79. The third-order valence-corrected chi connectivity index (χ3v) is 5.89. The third-order valence-electron chi connectivity index (χ3n) is 5.89. The van der Waals surface area contributed by atoms with Gasteiger partial charge in [0, 0.05) is 31.2 Å². The molecular formula is C20H31NO3. The highest BCUT2D eigenvalue weighted by atomic mass is 16.5. The second kappa shape index (κ2) is 8.32. The molecule has 1 atom stereocenters. The van der Waals surface area contributed by atoms with E-state index in [1.807, 2.05) is 6.07 Å². The second-order valence-corrected chi connectivity index (χ2v) is 7.13. The lowest BCUT2D eigenvalue weighted by Crippen LogP contribution is -2.49. The molecule has 1 aromatic carbocycles. The van der Waals surface area contributed by atoms with Crippen LogP contribution in [-0.2, 0) is 16.0 Å². The van der Waals surface area contributed by atoms with Crippen molar-refractivity contribution in [1.29, 1.82) is 0 Å². The van der Waals surface area contributed by atoms with Crippen molar-refractivity contribution < 1.29 is 14.2 Å². The highest BCUT2D eigenvalue weighted by Gasteiger charge is 2.43. The number of hydrogen-bond acceptors (Lipinski definition) is 4. The summed E-state index contributed by atoms with van der Waals surface area (Å²) in [4.78, 5) is 2.57. The van der Waals surface area contributed by atoms with Crippen LogP contribution in [0.25, 0.3) is 0 Å². The first-order chi connectivity index (χ1) is 11.8. The van der Waals surface area contributed by atoms with Gasteiger partial charge in [-0.25, -0.2) is 0 Å². The number of rotatable bonds is 6. The van der Waals surface area contributed by atoms with Gasteiger partial charge in [0.2, 0.25) is 0 Å². The van der Waals surface area contributed by atoms with Crippen molar-refractivity contribution in [3.8, 4) is 5.75 Å². The monoisotopic (exact) mass is 333 g/mol. The molecule has 4 nitrogen and oxygen atoms in total. The van der Waals surface area contributed by atoms with Crippen LogP contribution in [0.3, 0.4) is 0 Å². The molecule has 0 saturated carbocycles. The fraction of sp³-hybridized carbons (Fsp3) is 0.700. The van der Waals surface area contributed by atoms with Crippen LogP contribution in [0.2, 0.25) is 0 Å². The Morgan fingerprint density at radius 2 is 2.00 bits per heavy atom. The van der Waals surface area contributed by atoms with Crippen molar-refractivity contribution in [3.63, 3.8) is 0 Å². The number of nitrogens with zero attached hydrogens (tertiary/aromatic N) is 1. The van der Waals surface area contributed by atoms with Crippen LogP contribution in [0.4, 0.5) is 0 Å². The van der Waals surface area contributed by atoms with E-state index >= 15 is 0 Å². The molecular weight excluding hydrogens is 302 g/mol. The highest BCUT2D eigenvalue weighted by Crippen LogP contribution is 2.45. The molecule has 0 bridgehead atoms. The summed E-state index contributed by atoms with van der Waals surface area (Å²) < 4.78 is 17.0. The van der Waals surface area contributed by atoms with Crippen LogP contribution < -0.4 is 4.74 Å². The number of likely N-dealkylation sites (tertiary alicyclic amines) is 1. The van der Waals surface area contributed by atoms with E-state index in [-0.39, 0.29) is 0 Å². The first kappa shape index (κ1) is 17.7. The predicted octanol–water partition coefficient (Wildman–Crippen LogP) is 3.35. The average molecular weight is 333 g/mol. The van der Waals surface area contributed by atoms with Crippen molar-refractivity contribution in [2.24, 2.45) is 11.3 Å². The maximum atomic E-state index is 5.75. The predicted molar refractivity (Wildman–Crippen MR) is 95.4 cm³/mol. The number of ether oxygens (including phenoxy) is 3. The van der Waals surface area contributed by atoms with Crippen molar-refractivity contribution >= 4 is 0 Å². The van der Waals surface area contributed by atoms with Gasteiger partial charge in [-0.2, -0.15) is 0 Å². The summed E-state index contributed by atoms with van der Waals surface area (Å²) in [5.41, 5.74) is 1.71. The Bertz CT molecular complexity index is 511. The molecule has 0 aliphatic carbocycles. The molecule has 134 valence electrons. The lowest BCUT2D eigenvalue weighted by Gasteiger charge is -2.49. The number of hydrogen-bond donors (Lipinski definition) is 0. The Morgan fingerprint density at radius 1 is 1.21 bits per heavy atom. The number of benzene rings is 1. The van der Waals surface area contributed by atoms with E-state index in [1.54, 1.807) is 7.11 Å². The van der Waals surface area contributed by atoms with Gasteiger partial charge in [-0.3, -0.25) is 4.90 Å². The van der Waals surface area contributed by atoms with Gasteiger partial charge in [0.1, 0.15) is 5.75 Å². The van der Waals surface area contributed by atoms with E-state index in [0.29, 0.717) is 11.3 Å². The molecule has 2 aliphatic rings. The van der Waals surface area contributed by atoms with Gasteiger partial charge in [0.15, 0.2) is 0 Å². The number of methoxy groups -OCH3 is 1. The molecule has 2 heterocycles. The highest BCUT2D eigenvalue weighted by molar-refractivity contribution is 5.33. The average Bonchev–Trinajstić information content (AvgIpc) is 2.63. The molecule has 1 spiro atoms. The zero-order valence-electron chi connectivity index (χ0n) is 15.1. The van der Waals surface area contributed by atoms with Gasteiger partial charge in [0.25, 0.3) is 0 Å². The third kappa shape index (κ3) is 3.93. The summed E-state index contributed by atoms with van der Waals surface area (Å²) in [5, 5.41) is 0. The zero-order valence-corrected chi connectivity index (χ0v) is 15.1. The first-order valence-corrected chi connectivity index (χ1v) is 9.27. The van der Waals surface area contributed by atoms with Gasteiger partial charge >= 0.3 is 0 Å². The fourth-order valence-electron chi connectivity index (χ4n) is 4.26. The lowest BCUT2D eigenvalue weighted by atomic mass is 9.66. The molecule has 2 aliphatic heterocycles. The standard InChI is InChI=1S/C20H31NO3/c1-3-23-15-18-16-24-13-10-20(18)8-11-21(12-9-20)14-17-6-4-5-7-19(17)22-2/h4-7,18H,3,8-16H2,1-2H3. The maximum Gasteiger partial charge on any atom is 0.123 e. The number of para-hydroxylation sites is 1. The molecule has 0 aromatic heterocycles. The summed E-state index contributed by atoms with van der Waals surface area (Å²) >= 11 is 0. The minimum absolute atomic E-state index is 0.421. The molecule has 3 rings (SSSR count). The van der Waals surface area contributed by atoms with Crippen molar-refractivity contribution in [3.05, 3.63) is 29.8 Å². The van der Waals surface area contributed by atoms with Crippen LogP contribution in [0.5, 0.6) is 5.75 Å². The van der Waals surface area contributed by atoms with Crippen LogP contribution in [-0.4, -0.2) is 51.5 Å². The van der Waals surface area contributed by atoms with Gasteiger partial charge in [-0.15, -0.1) is 0 Å². The Hall–Kier alpha value is -1.10. The Kier molecular flexibility index (Phi) is 6.14. The largest absolute Gasteiger partial charge is 0.496 e. The molecule has 2 saturated heterocycles. The van der Waals surface area contributed by atoms with E-state index in [2.05, 4.69) is 30.0 Å². The van der Waals surface area contributed by atoms with E-state index in [1.165, 1.54) is 24.8 Å². The SMILES string of the molecule is CCOCC1COCCC12CCN(Cc1ccccc1OC)CC2. The smallest absolute Gasteiger partial charge is 0.123 e. The van der Waals surface area contributed by atoms with Crippen molar-refractivity contribution in [2.45, 2.75) is 32.7 Å².